The number of nitrogens with one attached hydrogen (secondary N) is 1. The highest BCUT2D eigenvalue weighted by Gasteiger charge is 2.17. The van der Waals surface area contributed by atoms with Gasteiger partial charge in [-0.1, -0.05) is 19.9 Å². The van der Waals surface area contributed by atoms with Crippen LogP contribution in [0, 0.1) is 6.92 Å². The van der Waals surface area contributed by atoms with E-state index in [0.29, 0.717) is 0 Å². The number of aromatic nitrogens is 1. The third kappa shape index (κ3) is 2.79. The smallest absolute Gasteiger partial charge is 0.125 e. The Labute approximate surface area is 108 Å². The van der Waals surface area contributed by atoms with Crippen LogP contribution in [0.3, 0.4) is 0 Å². The van der Waals surface area contributed by atoms with Crippen molar-refractivity contribution in [1.29, 1.82) is 0 Å². The zero-order chi connectivity index (χ0) is 13.0. The molecular formula is C15H20N2O. The topological polar surface area (TPSA) is 38.1 Å². The number of pyridine rings is 1. The number of furan rings is 1. The van der Waals surface area contributed by atoms with Gasteiger partial charge < -0.3 is 9.73 Å². The Morgan fingerprint density at radius 2 is 2.11 bits per heavy atom. The molecule has 0 aliphatic heterocycles. The van der Waals surface area contributed by atoms with Gasteiger partial charge in [0.25, 0.3) is 0 Å². The minimum atomic E-state index is 0.0858. The van der Waals surface area contributed by atoms with Crippen LogP contribution in [0.25, 0.3) is 0 Å². The summed E-state index contributed by atoms with van der Waals surface area (Å²) in [6, 6.07) is 6.33. The maximum Gasteiger partial charge on any atom is 0.125 e. The Hall–Kier alpha value is -1.61. The van der Waals surface area contributed by atoms with Gasteiger partial charge in [-0.3, -0.25) is 4.98 Å². The largest absolute Gasteiger partial charge is 0.464 e. The third-order valence-electron chi connectivity index (χ3n) is 2.95. The van der Waals surface area contributed by atoms with Crippen LogP contribution in [0.15, 0.2) is 35.0 Å². The Bertz CT molecular complexity index is 505. The van der Waals surface area contributed by atoms with Crippen LogP contribution >= 0.6 is 0 Å². The second-order valence-electron chi connectivity index (χ2n) is 4.44. The van der Waals surface area contributed by atoms with Crippen molar-refractivity contribution in [3.05, 3.63) is 53.2 Å². The maximum absolute atomic E-state index is 5.85. The molecule has 0 saturated carbocycles. The fraction of sp³-hybridized carbons (Fsp3) is 0.400. The highest BCUT2D eigenvalue weighted by molar-refractivity contribution is 5.27. The summed E-state index contributed by atoms with van der Waals surface area (Å²) in [7, 11) is 0. The van der Waals surface area contributed by atoms with Crippen molar-refractivity contribution in [2.45, 2.75) is 33.2 Å². The standard InChI is InChI=1S/C15H20N2O/c1-4-13-6-7-14(18-13)15(17-5-2)12-8-11(3)9-16-10-12/h6-10,15,17H,4-5H2,1-3H3. The average molecular weight is 244 g/mol. The lowest BCUT2D eigenvalue weighted by Crippen LogP contribution is -2.21. The first-order valence-electron chi connectivity index (χ1n) is 6.48. The fourth-order valence-electron chi connectivity index (χ4n) is 2.06. The molecule has 96 valence electrons. The fourth-order valence-corrected chi connectivity index (χ4v) is 2.06. The van der Waals surface area contributed by atoms with Crippen molar-refractivity contribution in [2.24, 2.45) is 0 Å². The summed E-state index contributed by atoms with van der Waals surface area (Å²) < 4.78 is 5.85. The van der Waals surface area contributed by atoms with Gasteiger partial charge in [0.1, 0.15) is 11.5 Å². The predicted molar refractivity (Wildman–Crippen MR) is 72.6 cm³/mol. The van der Waals surface area contributed by atoms with E-state index in [0.717, 1.165) is 35.6 Å². The number of hydrogen-bond acceptors (Lipinski definition) is 3. The van der Waals surface area contributed by atoms with E-state index >= 15 is 0 Å². The summed E-state index contributed by atoms with van der Waals surface area (Å²) in [5, 5.41) is 3.45. The highest BCUT2D eigenvalue weighted by Crippen LogP contribution is 2.24. The molecule has 0 aromatic carbocycles. The van der Waals surface area contributed by atoms with E-state index in [9.17, 15) is 0 Å². The van der Waals surface area contributed by atoms with Gasteiger partial charge in [0.2, 0.25) is 0 Å². The summed E-state index contributed by atoms with van der Waals surface area (Å²) in [6.45, 7) is 7.14. The summed E-state index contributed by atoms with van der Waals surface area (Å²) in [6.07, 6.45) is 4.69. The predicted octanol–water partition coefficient (Wildman–Crippen LogP) is 3.24. The number of hydrogen-bond donors (Lipinski definition) is 1. The summed E-state index contributed by atoms with van der Waals surface area (Å²) in [4.78, 5) is 4.26. The van der Waals surface area contributed by atoms with E-state index < -0.39 is 0 Å². The van der Waals surface area contributed by atoms with Crippen LogP contribution in [-0.4, -0.2) is 11.5 Å². The monoisotopic (exact) mass is 244 g/mol. The van der Waals surface area contributed by atoms with Crippen molar-refractivity contribution in [3.8, 4) is 0 Å². The maximum atomic E-state index is 5.85. The summed E-state index contributed by atoms with van der Waals surface area (Å²) in [5.74, 6) is 1.98. The Morgan fingerprint density at radius 3 is 2.72 bits per heavy atom. The summed E-state index contributed by atoms with van der Waals surface area (Å²) >= 11 is 0. The Kier molecular flexibility index (Phi) is 4.15. The molecule has 1 atom stereocenters. The first kappa shape index (κ1) is 12.8. The zero-order valence-electron chi connectivity index (χ0n) is 11.2. The number of aryl methyl sites for hydroxylation is 2. The van der Waals surface area contributed by atoms with Crippen molar-refractivity contribution >= 4 is 0 Å². The molecule has 0 bridgehead atoms. The lowest BCUT2D eigenvalue weighted by atomic mass is 10.1. The van der Waals surface area contributed by atoms with Crippen LogP contribution in [0.5, 0.6) is 0 Å². The Balaban J connectivity index is 2.33. The van der Waals surface area contributed by atoms with Gasteiger partial charge in [0.05, 0.1) is 6.04 Å². The first-order valence-corrected chi connectivity index (χ1v) is 6.48. The van der Waals surface area contributed by atoms with Crippen LogP contribution in [0.1, 0.15) is 42.5 Å². The molecule has 0 radical (unpaired) electrons. The average Bonchev–Trinajstić information content (AvgIpc) is 2.84. The molecule has 0 amide bonds. The van der Waals surface area contributed by atoms with Crippen molar-refractivity contribution < 1.29 is 4.42 Å². The normalized spacial score (nSPS) is 12.6. The molecule has 2 rings (SSSR count). The molecule has 18 heavy (non-hydrogen) atoms. The minimum Gasteiger partial charge on any atom is -0.464 e. The van der Waals surface area contributed by atoms with E-state index in [2.05, 4.69) is 43.2 Å². The van der Waals surface area contributed by atoms with E-state index in [-0.39, 0.29) is 6.04 Å². The molecule has 0 saturated heterocycles. The molecule has 3 nitrogen and oxygen atoms in total. The Morgan fingerprint density at radius 1 is 1.28 bits per heavy atom. The van der Waals surface area contributed by atoms with Crippen molar-refractivity contribution in [1.82, 2.24) is 10.3 Å². The molecule has 0 spiro atoms. The number of nitrogens with zero attached hydrogens (tertiary/aromatic N) is 1. The molecule has 2 heterocycles. The van der Waals surface area contributed by atoms with Gasteiger partial charge >= 0.3 is 0 Å². The molecule has 1 N–H and O–H groups in total. The van der Waals surface area contributed by atoms with Crippen LogP contribution < -0.4 is 5.32 Å². The number of rotatable bonds is 5. The van der Waals surface area contributed by atoms with E-state index in [1.54, 1.807) is 0 Å². The van der Waals surface area contributed by atoms with Crippen LogP contribution in [0.4, 0.5) is 0 Å². The van der Waals surface area contributed by atoms with E-state index in [1.807, 2.05) is 18.5 Å². The van der Waals surface area contributed by atoms with Gasteiger partial charge in [-0.15, -0.1) is 0 Å². The van der Waals surface area contributed by atoms with E-state index in [1.165, 1.54) is 0 Å². The van der Waals surface area contributed by atoms with Gasteiger partial charge in [-0.2, -0.15) is 0 Å². The van der Waals surface area contributed by atoms with Gasteiger partial charge in [-0.05, 0) is 36.7 Å². The van der Waals surface area contributed by atoms with Crippen molar-refractivity contribution in [3.63, 3.8) is 0 Å². The van der Waals surface area contributed by atoms with Crippen molar-refractivity contribution in [2.75, 3.05) is 6.54 Å². The lowest BCUT2D eigenvalue weighted by Gasteiger charge is -2.16. The molecule has 1 unspecified atom stereocenters. The minimum absolute atomic E-state index is 0.0858. The quantitative estimate of drug-likeness (QED) is 0.877. The molecule has 2 aromatic heterocycles. The van der Waals surface area contributed by atoms with Crippen LogP contribution in [0.2, 0.25) is 0 Å². The third-order valence-corrected chi connectivity index (χ3v) is 2.95. The molecular weight excluding hydrogens is 224 g/mol. The highest BCUT2D eigenvalue weighted by atomic mass is 16.3. The second-order valence-corrected chi connectivity index (χ2v) is 4.44. The molecule has 3 heteroatoms. The first-order chi connectivity index (χ1) is 8.74. The summed E-state index contributed by atoms with van der Waals surface area (Å²) in [5.41, 5.74) is 2.31. The van der Waals surface area contributed by atoms with Gasteiger partial charge in [-0.25, -0.2) is 0 Å². The molecule has 0 aliphatic carbocycles. The molecule has 0 aliphatic rings. The molecule has 0 fully saturated rings. The second kappa shape index (κ2) is 5.83. The van der Waals surface area contributed by atoms with Crippen LogP contribution in [-0.2, 0) is 6.42 Å². The van der Waals surface area contributed by atoms with Gasteiger partial charge in [0, 0.05) is 18.8 Å². The molecule has 2 aromatic rings. The SMILES string of the molecule is CCNC(c1cncc(C)c1)c1ccc(CC)o1. The lowest BCUT2D eigenvalue weighted by molar-refractivity contribution is 0.425. The van der Waals surface area contributed by atoms with Gasteiger partial charge in [0.15, 0.2) is 0 Å². The zero-order valence-corrected chi connectivity index (χ0v) is 11.2. The van der Waals surface area contributed by atoms with E-state index in [4.69, 9.17) is 4.42 Å².